The van der Waals surface area contributed by atoms with Gasteiger partial charge in [0, 0.05) is 41.3 Å². The van der Waals surface area contributed by atoms with Gasteiger partial charge in [0.25, 0.3) is 0 Å². The lowest BCUT2D eigenvalue weighted by Gasteiger charge is -2.40. The van der Waals surface area contributed by atoms with Crippen molar-refractivity contribution in [3.05, 3.63) is 313 Å². The van der Waals surface area contributed by atoms with Gasteiger partial charge in [-0.05, 0) is 173 Å². The van der Waals surface area contributed by atoms with E-state index in [2.05, 4.69) is 301 Å². The SMILES string of the molecule is c1ccc(-c2ccc(-c3ccc4c(c3)Cc3cc(-c5ccc(N(c6ccc(-c7ccccc7)cc6)c6ccc(-c7ccccc7)cc6)cc5)cc5c3N4c3ccc(-c4ccc(-c6ccccc6)cc4)cc3C5)cc2)cc1. The maximum Gasteiger partial charge on any atom is 0.0533 e. The molecule has 0 radical (unpaired) electrons. The average molecular weight is 969 g/mol. The first-order valence-corrected chi connectivity index (χ1v) is 26.4. The number of hydrogen-bond acceptors (Lipinski definition) is 2. The maximum absolute atomic E-state index is 2.56. The smallest absolute Gasteiger partial charge is 0.0533 e. The van der Waals surface area contributed by atoms with Crippen molar-refractivity contribution in [2.24, 2.45) is 0 Å². The highest BCUT2D eigenvalue weighted by atomic mass is 15.2. The van der Waals surface area contributed by atoms with E-state index in [1.807, 2.05) is 0 Å². The Balaban J connectivity index is 0.841. The lowest BCUT2D eigenvalue weighted by Crippen LogP contribution is -2.25. The normalized spacial score (nSPS) is 12.1. The summed E-state index contributed by atoms with van der Waals surface area (Å²) in [4.78, 5) is 4.93. The van der Waals surface area contributed by atoms with Crippen molar-refractivity contribution in [1.29, 1.82) is 0 Å². The zero-order chi connectivity index (χ0) is 50.4. The van der Waals surface area contributed by atoms with E-state index in [9.17, 15) is 0 Å². The van der Waals surface area contributed by atoms with Gasteiger partial charge in [0.1, 0.15) is 0 Å². The molecule has 2 nitrogen and oxygen atoms in total. The lowest BCUT2D eigenvalue weighted by atomic mass is 9.83. The van der Waals surface area contributed by atoms with Crippen LogP contribution in [0.2, 0.25) is 0 Å². The minimum atomic E-state index is 0.850. The molecule has 76 heavy (non-hydrogen) atoms. The summed E-state index contributed by atoms with van der Waals surface area (Å²) in [5, 5.41) is 0. The molecule has 0 N–H and O–H groups in total. The van der Waals surface area contributed by atoms with Crippen molar-refractivity contribution >= 4 is 34.1 Å². The highest BCUT2D eigenvalue weighted by molar-refractivity contribution is 5.93. The summed E-state index contributed by atoms with van der Waals surface area (Å²) in [5.41, 5.74) is 29.6. The second-order valence-electron chi connectivity index (χ2n) is 20.1. The van der Waals surface area contributed by atoms with Gasteiger partial charge in [-0.2, -0.15) is 0 Å². The Hall–Kier alpha value is -9.76. The van der Waals surface area contributed by atoms with Crippen molar-refractivity contribution in [3.8, 4) is 77.9 Å². The second kappa shape index (κ2) is 19.3. The minimum absolute atomic E-state index is 0.850. The molecular formula is C74H52N2. The molecule has 0 unspecified atom stereocenters. The van der Waals surface area contributed by atoms with Crippen LogP contribution in [0.5, 0.6) is 0 Å². The number of anilines is 6. The molecule has 0 aliphatic carbocycles. The Bertz CT molecular complexity index is 3780. The lowest BCUT2D eigenvalue weighted by molar-refractivity contribution is 1.01. The predicted molar refractivity (Wildman–Crippen MR) is 319 cm³/mol. The third kappa shape index (κ3) is 8.46. The van der Waals surface area contributed by atoms with E-state index in [-0.39, 0.29) is 0 Å². The molecule has 0 spiro atoms. The number of benzene rings is 12. The molecule has 12 aromatic carbocycles. The molecule has 0 amide bonds. The molecular weight excluding hydrogens is 917 g/mol. The average Bonchev–Trinajstić information content (AvgIpc) is 3.54. The molecule has 2 heterocycles. The Morgan fingerprint density at radius 1 is 0.211 bits per heavy atom. The second-order valence-corrected chi connectivity index (χ2v) is 20.1. The van der Waals surface area contributed by atoms with Crippen LogP contribution < -0.4 is 9.80 Å². The fourth-order valence-electron chi connectivity index (χ4n) is 11.6. The topological polar surface area (TPSA) is 6.48 Å². The standard InChI is InChI=1S/C74H52N2/c1-5-13-51(14-6-1)55-21-25-59(26-22-55)62-35-43-72-65(45-62)49-67-47-64(48-68-50-66-46-63(36-44-73(66)76(72)74(67)68)60-27-23-56(24-28-60)52-15-7-2-8-16-52)61-33-41-71(42-34-61)75(69-37-29-57(30-38-69)53-17-9-3-10-18-53)70-39-31-58(32-40-70)54-19-11-4-12-20-54/h1-48H,49-50H2. The summed E-state index contributed by atoms with van der Waals surface area (Å²) in [7, 11) is 0. The Morgan fingerprint density at radius 3 is 0.763 bits per heavy atom. The van der Waals surface area contributed by atoms with Gasteiger partial charge in [0.15, 0.2) is 0 Å². The van der Waals surface area contributed by atoms with Crippen LogP contribution in [0.4, 0.5) is 34.1 Å². The summed E-state index contributed by atoms with van der Waals surface area (Å²) in [6.45, 7) is 0. The van der Waals surface area contributed by atoms with E-state index in [0.717, 1.165) is 29.9 Å². The fourth-order valence-corrected chi connectivity index (χ4v) is 11.6. The summed E-state index contributed by atoms with van der Waals surface area (Å²) in [6.07, 6.45) is 1.70. The molecule has 0 aromatic heterocycles. The van der Waals surface area contributed by atoms with Crippen LogP contribution in [-0.2, 0) is 12.8 Å². The minimum Gasteiger partial charge on any atom is -0.311 e. The molecule has 0 fully saturated rings. The Morgan fingerprint density at radius 2 is 0.447 bits per heavy atom. The Kier molecular flexibility index (Phi) is 11.4. The molecule has 0 atom stereocenters. The summed E-state index contributed by atoms with van der Waals surface area (Å²) in [6, 6.07) is 107. The fraction of sp³-hybridized carbons (Fsp3) is 0.0270. The van der Waals surface area contributed by atoms with E-state index >= 15 is 0 Å². The van der Waals surface area contributed by atoms with Gasteiger partial charge >= 0.3 is 0 Å². The quantitative estimate of drug-likeness (QED) is 0.135. The zero-order valence-corrected chi connectivity index (χ0v) is 42.0. The summed E-state index contributed by atoms with van der Waals surface area (Å²) < 4.78 is 0. The maximum atomic E-state index is 2.56. The van der Waals surface area contributed by atoms with Crippen LogP contribution in [0.3, 0.4) is 0 Å². The van der Waals surface area contributed by atoms with E-state index in [4.69, 9.17) is 0 Å². The highest BCUT2D eigenvalue weighted by Crippen LogP contribution is 2.53. The number of hydrogen-bond donors (Lipinski definition) is 0. The largest absolute Gasteiger partial charge is 0.311 e. The highest BCUT2D eigenvalue weighted by Gasteiger charge is 2.33. The molecule has 14 rings (SSSR count). The van der Waals surface area contributed by atoms with Crippen LogP contribution in [-0.4, -0.2) is 0 Å². The van der Waals surface area contributed by atoms with Crippen LogP contribution in [0.1, 0.15) is 22.3 Å². The van der Waals surface area contributed by atoms with Gasteiger partial charge in [0.2, 0.25) is 0 Å². The van der Waals surface area contributed by atoms with Gasteiger partial charge in [-0.3, -0.25) is 0 Å². The van der Waals surface area contributed by atoms with Crippen LogP contribution in [0.15, 0.2) is 291 Å². The van der Waals surface area contributed by atoms with Gasteiger partial charge in [-0.25, -0.2) is 0 Å². The van der Waals surface area contributed by atoms with E-state index in [0.29, 0.717) is 0 Å². The van der Waals surface area contributed by atoms with Crippen molar-refractivity contribution < 1.29 is 0 Å². The van der Waals surface area contributed by atoms with Crippen molar-refractivity contribution in [1.82, 2.24) is 0 Å². The molecule has 2 aliphatic heterocycles. The van der Waals surface area contributed by atoms with Crippen LogP contribution in [0.25, 0.3) is 77.9 Å². The first-order valence-electron chi connectivity index (χ1n) is 26.4. The van der Waals surface area contributed by atoms with Gasteiger partial charge in [0.05, 0.1) is 5.69 Å². The van der Waals surface area contributed by atoms with Crippen LogP contribution >= 0.6 is 0 Å². The first-order chi connectivity index (χ1) is 37.6. The summed E-state index contributed by atoms with van der Waals surface area (Å²) in [5.74, 6) is 0. The molecule has 0 bridgehead atoms. The molecule has 2 heteroatoms. The van der Waals surface area contributed by atoms with Crippen molar-refractivity contribution in [2.45, 2.75) is 12.8 Å². The molecule has 2 aliphatic rings. The number of nitrogens with zero attached hydrogens (tertiary/aromatic N) is 2. The third-order valence-electron chi connectivity index (χ3n) is 15.5. The molecule has 12 aromatic rings. The van der Waals surface area contributed by atoms with Gasteiger partial charge in [-0.15, -0.1) is 0 Å². The first kappa shape index (κ1) is 44.9. The monoisotopic (exact) mass is 968 g/mol. The summed E-state index contributed by atoms with van der Waals surface area (Å²) >= 11 is 0. The van der Waals surface area contributed by atoms with E-state index in [1.165, 1.54) is 117 Å². The molecule has 0 saturated carbocycles. The van der Waals surface area contributed by atoms with Crippen molar-refractivity contribution in [3.63, 3.8) is 0 Å². The van der Waals surface area contributed by atoms with Crippen molar-refractivity contribution in [2.75, 3.05) is 9.80 Å². The van der Waals surface area contributed by atoms with Gasteiger partial charge < -0.3 is 9.80 Å². The van der Waals surface area contributed by atoms with E-state index in [1.54, 1.807) is 0 Å². The number of rotatable bonds is 10. The zero-order valence-electron chi connectivity index (χ0n) is 42.0. The van der Waals surface area contributed by atoms with Gasteiger partial charge in [-0.1, -0.05) is 218 Å². The third-order valence-corrected chi connectivity index (χ3v) is 15.5. The number of fused-ring (bicyclic) bond motifs is 4. The van der Waals surface area contributed by atoms with Crippen LogP contribution in [0, 0.1) is 0 Å². The molecule has 358 valence electrons. The Labute approximate surface area is 445 Å². The predicted octanol–water partition coefficient (Wildman–Crippen LogP) is 20.1. The molecule has 0 saturated heterocycles. The van der Waals surface area contributed by atoms with E-state index < -0.39 is 0 Å².